The van der Waals surface area contributed by atoms with Crippen molar-refractivity contribution in [1.82, 2.24) is 14.5 Å². The van der Waals surface area contributed by atoms with Gasteiger partial charge in [-0.2, -0.15) is 5.10 Å². The zero-order valence-electron chi connectivity index (χ0n) is 17.5. The van der Waals surface area contributed by atoms with E-state index in [1.807, 2.05) is 25.1 Å². The zero-order chi connectivity index (χ0) is 22.9. The van der Waals surface area contributed by atoms with Gasteiger partial charge in [0.05, 0.1) is 16.7 Å². The Morgan fingerprint density at radius 1 is 1.34 bits per heavy atom. The molecule has 1 aromatic heterocycles. The molecule has 1 aliphatic rings. The minimum absolute atomic E-state index is 0.0359. The fraction of sp³-hybridized carbons (Fsp3) is 0.273. The minimum atomic E-state index is -3.89. The summed E-state index contributed by atoms with van der Waals surface area (Å²) in [5.74, 6) is -2.39. The van der Waals surface area contributed by atoms with Crippen molar-refractivity contribution in [1.29, 1.82) is 0 Å². The number of halogens is 2. The lowest BCUT2D eigenvalue weighted by atomic mass is 10.0. The summed E-state index contributed by atoms with van der Waals surface area (Å²) < 4.78 is 52.9. The van der Waals surface area contributed by atoms with E-state index < -0.39 is 27.3 Å². The highest BCUT2D eigenvalue weighted by Crippen LogP contribution is 2.56. The molecule has 3 atom stereocenters. The van der Waals surface area contributed by atoms with Crippen LogP contribution < -0.4 is 10.7 Å². The molecule has 1 fully saturated rings. The van der Waals surface area contributed by atoms with Gasteiger partial charge in [0.1, 0.15) is 0 Å². The molecule has 5 N–H and O–H groups in total. The molecule has 0 spiro atoms. The number of hydrogen-bond acceptors (Lipinski definition) is 5. The number of nitrogens with one attached hydrogen (secondary N) is 2. The molecule has 32 heavy (non-hydrogen) atoms. The quantitative estimate of drug-likeness (QED) is 0.404. The number of aromatic amines is 1. The Morgan fingerprint density at radius 3 is 2.88 bits per heavy atom. The monoisotopic (exact) mass is 461 g/mol. The normalized spacial score (nSPS) is 21.8. The van der Waals surface area contributed by atoms with Crippen LogP contribution in [-0.2, 0) is 0 Å². The fourth-order valence-electron chi connectivity index (χ4n) is 4.12. The number of nitrogens with zero attached hydrogens (tertiary/aromatic N) is 2. The van der Waals surface area contributed by atoms with Gasteiger partial charge in [-0.25, -0.2) is 13.1 Å². The summed E-state index contributed by atoms with van der Waals surface area (Å²) in [6.07, 6.45) is 5.68. The second-order valence-electron chi connectivity index (χ2n) is 7.94. The predicted octanol–water partition coefficient (Wildman–Crippen LogP) is 3.04. The number of rotatable bonds is 7. The van der Waals surface area contributed by atoms with E-state index in [0.29, 0.717) is 13.0 Å². The van der Waals surface area contributed by atoms with Crippen LogP contribution in [0.3, 0.4) is 0 Å². The van der Waals surface area contributed by atoms with E-state index >= 15 is 0 Å². The maximum atomic E-state index is 14.2. The van der Waals surface area contributed by atoms with E-state index in [0.717, 1.165) is 34.5 Å². The lowest BCUT2D eigenvalue weighted by Gasteiger charge is -2.54. The lowest BCUT2D eigenvalue weighted by molar-refractivity contribution is -0.104. The van der Waals surface area contributed by atoms with Crippen molar-refractivity contribution in [3.8, 4) is 11.1 Å². The smallest absolute Gasteiger partial charge is 0.179 e. The largest absolute Gasteiger partial charge is 0.750 e. The van der Waals surface area contributed by atoms with Gasteiger partial charge >= 0.3 is 0 Å². The van der Waals surface area contributed by atoms with Crippen LogP contribution in [0.2, 0.25) is 0 Å². The van der Waals surface area contributed by atoms with Gasteiger partial charge in [0.2, 0.25) is 0 Å². The molecule has 3 aromatic rings. The molecule has 1 aliphatic heterocycles. The Kier molecular flexibility index (Phi) is 6.29. The fourth-order valence-corrected chi connectivity index (χ4v) is 5.95. The summed E-state index contributed by atoms with van der Waals surface area (Å²) in [4.78, 5) is -0.521. The number of benzene rings is 2. The van der Waals surface area contributed by atoms with E-state index in [4.69, 9.17) is 5.41 Å². The van der Waals surface area contributed by atoms with Gasteiger partial charge in [0, 0.05) is 36.6 Å². The number of hydrogen-bond donors (Lipinski definition) is 4. The molecule has 2 heterocycles. The van der Waals surface area contributed by atoms with E-state index in [-0.39, 0.29) is 18.5 Å². The minimum Gasteiger partial charge on any atom is -0.750 e. The van der Waals surface area contributed by atoms with E-state index in [1.165, 1.54) is 16.6 Å². The SMILES string of the molecule is C[C@@H]1CC(CNc2ccc(-c3cn[nH]c3)cc2C=[NH2+])CN1S([O-])(O)c1cccc(F)c1F. The summed E-state index contributed by atoms with van der Waals surface area (Å²) in [5, 5.41) is 15.9. The van der Waals surface area contributed by atoms with Gasteiger partial charge in [-0.05, 0) is 49.1 Å². The molecule has 2 unspecified atom stereocenters. The summed E-state index contributed by atoms with van der Waals surface area (Å²) in [6, 6.07) is 8.88. The highest BCUT2D eigenvalue weighted by Gasteiger charge is 2.35. The van der Waals surface area contributed by atoms with Crippen LogP contribution in [0, 0.1) is 17.6 Å². The highest BCUT2D eigenvalue weighted by atomic mass is 32.3. The molecular formula is C22H25F2N5O2S. The van der Waals surface area contributed by atoms with Gasteiger partial charge in [0.15, 0.2) is 17.8 Å². The first-order valence-electron chi connectivity index (χ1n) is 10.2. The van der Waals surface area contributed by atoms with Gasteiger partial charge in [-0.15, -0.1) is 0 Å². The third-order valence-electron chi connectivity index (χ3n) is 5.77. The second kappa shape index (κ2) is 8.99. The first kappa shape index (κ1) is 22.4. The van der Waals surface area contributed by atoms with Crippen molar-refractivity contribution in [2.75, 3.05) is 18.4 Å². The first-order valence-corrected chi connectivity index (χ1v) is 11.7. The van der Waals surface area contributed by atoms with Crippen molar-refractivity contribution >= 4 is 22.7 Å². The van der Waals surface area contributed by atoms with Gasteiger partial charge < -0.3 is 14.4 Å². The number of aromatic nitrogens is 2. The van der Waals surface area contributed by atoms with Crippen LogP contribution in [0.4, 0.5) is 14.5 Å². The average molecular weight is 462 g/mol. The lowest BCUT2D eigenvalue weighted by Crippen LogP contribution is -2.32. The third-order valence-corrected chi connectivity index (χ3v) is 7.80. The number of anilines is 1. The van der Waals surface area contributed by atoms with Crippen LogP contribution >= 0.6 is 10.8 Å². The molecule has 0 saturated carbocycles. The number of nitrogens with two attached hydrogens (primary N) is 1. The Morgan fingerprint density at radius 2 is 2.16 bits per heavy atom. The van der Waals surface area contributed by atoms with Crippen molar-refractivity contribution in [2.45, 2.75) is 24.3 Å². The summed E-state index contributed by atoms with van der Waals surface area (Å²) in [5.41, 5.74) is 3.58. The molecule has 4 rings (SSSR count). The molecular weight excluding hydrogens is 436 g/mol. The third kappa shape index (κ3) is 4.26. The summed E-state index contributed by atoms with van der Waals surface area (Å²) >= 11 is 0. The first-order chi connectivity index (χ1) is 15.3. The van der Waals surface area contributed by atoms with Crippen LogP contribution in [-0.4, -0.2) is 49.0 Å². The molecule has 7 nitrogen and oxygen atoms in total. The maximum Gasteiger partial charge on any atom is 0.179 e. The van der Waals surface area contributed by atoms with E-state index in [1.54, 1.807) is 12.4 Å². The van der Waals surface area contributed by atoms with E-state index in [9.17, 15) is 17.9 Å². The van der Waals surface area contributed by atoms with Crippen molar-refractivity contribution in [2.24, 2.45) is 5.92 Å². The van der Waals surface area contributed by atoms with Crippen molar-refractivity contribution in [3.63, 3.8) is 0 Å². The van der Waals surface area contributed by atoms with Crippen LogP contribution in [0.25, 0.3) is 11.1 Å². The standard InChI is InChI=1S/C22H25F2N5O2S/c1-14-7-15(13-29(14)32(30,31)21-4-2-3-19(23)22(21)24)10-26-20-6-5-16(8-17(20)9-25)18-11-27-28-12-18/h2-6,8-9,11-12,14-15,25-26,30-31H,7,10,13H2,1H3,(H,27,28)/t14-,15?/m1/s1. The van der Waals surface area contributed by atoms with Gasteiger partial charge in [-0.3, -0.25) is 21.3 Å². The maximum absolute atomic E-state index is 14.2. The molecule has 2 aromatic carbocycles. The molecule has 0 amide bonds. The summed E-state index contributed by atoms with van der Waals surface area (Å²) in [7, 11) is -3.89. The average Bonchev–Trinajstić information content (AvgIpc) is 3.44. The molecule has 1 saturated heterocycles. The van der Waals surface area contributed by atoms with Crippen LogP contribution in [0.15, 0.2) is 53.7 Å². The number of H-pyrrole nitrogens is 1. The topological polar surface area (TPSA) is 113 Å². The molecule has 0 bridgehead atoms. The Bertz CT molecular complexity index is 1110. The molecule has 10 heteroatoms. The Labute approximate surface area is 186 Å². The Hall–Kier alpha value is -2.79. The highest BCUT2D eigenvalue weighted by molar-refractivity contribution is 8.22. The molecule has 170 valence electrons. The van der Waals surface area contributed by atoms with Crippen LogP contribution in [0.1, 0.15) is 18.9 Å². The van der Waals surface area contributed by atoms with Crippen molar-refractivity contribution < 1.29 is 23.3 Å². The molecule has 0 aliphatic carbocycles. The van der Waals surface area contributed by atoms with Crippen molar-refractivity contribution in [3.05, 3.63) is 66.0 Å². The van der Waals surface area contributed by atoms with Gasteiger partial charge in [0.25, 0.3) is 0 Å². The van der Waals surface area contributed by atoms with Crippen LogP contribution in [0.5, 0.6) is 0 Å². The second-order valence-corrected chi connectivity index (χ2v) is 9.84. The zero-order valence-corrected chi connectivity index (χ0v) is 18.3. The Balaban J connectivity index is 1.46. The summed E-state index contributed by atoms with van der Waals surface area (Å²) in [6.45, 7) is 2.62. The van der Waals surface area contributed by atoms with Gasteiger partial charge in [-0.1, -0.05) is 12.1 Å². The van der Waals surface area contributed by atoms with E-state index in [2.05, 4.69) is 15.5 Å². The molecule has 0 radical (unpaired) electrons. The predicted molar refractivity (Wildman–Crippen MR) is 120 cm³/mol.